The zero-order valence-electron chi connectivity index (χ0n) is 6.92. The molecule has 0 bridgehead atoms. The van der Waals surface area contributed by atoms with Crippen LogP contribution >= 0.6 is 0 Å². The van der Waals surface area contributed by atoms with Gasteiger partial charge in [-0.25, -0.2) is 0 Å². The lowest BCUT2D eigenvalue weighted by atomic mass is 9.74. The molecule has 1 saturated carbocycles. The Bertz CT molecular complexity index is 142. The summed E-state index contributed by atoms with van der Waals surface area (Å²) in [5.41, 5.74) is 0. The molecule has 1 aliphatic carbocycles. The van der Waals surface area contributed by atoms with Crippen LogP contribution in [0, 0.1) is 11.8 Å². The van der Waals surface area contributed by atoms with Crippen LogP contribution in [0.4, 0.5) is 0 Å². The largest absolute Gasteiger partial charge is 0.349 e. The van der Waals surface area contributed by atoms with Crippen molar-refractivity contribution in [3.63, 3.8) is 0 Å². The van der Waals surface area contributed by atoms with E-state index in [0.717, 1.165) is 6.42 Å². The van der Waals surface area contributed by atoms with E-state index in [0.29, 0.717) is 17.7 Å². The number of amides is 1. The first-order valence-corrected chi connectivity index (χ1v) is 3.84. The highest BCUT2D eigenvalue weighted by Crippen LogP contribution is 2.34. The van der Waals surface area contributed by atoms with E-state index in [-0.39, 0.29) is 0 Å². The van der Waals surface area contributed by atoms with Crippen molar-refractivity contribution in [1.29, 1.82) is 0 Å². The van der Waals surface area contributed by atoms with Gasteiger partial charge in [0.1, 0.15) is 0 Å². The Hall–Kier alpha value is -0.530. The summed E-state index contributed by atoms with van der Waals surface area (Å²) in [5, 5.41) is 0. The molecule has 10 heavy (non-hydrogen) atoms. The van der Waals surface area contributed by atoms with Crippen molar-refractivity contribution in [2.24, 2.45) is 11.8 Å². The fraction of sp³-hybridized carbons (Fsp3) is 0.875. The quantitative estimate of drug-likeness (QED) is 0.536. The zero-order chi connectivity index (χ0) is 7.72. The molecule has 0 aliphatic heterocycles. The molecule has 2 atom stereocenters. The molecule has 2 unspecified atom stereocenters. The summed E-state index contributed by atoms with van der Waals surface area (Å²) in [6.45, 7) is 2.15. The standard InChI is InChI=1S/C8H15NO/c1-6-4-5-7(6)8(10)9(2)3/h6-7H,4-5H2,1-3H3. The molecule has 0 radical (unpaired) electrons. The summed E-state index contributed by atoms with van der Waals surface area (Å²) in [6, 6.07) is 0. The molecule has 2 heteroatoms. The first-order chi connectivity index (χ1) is 4.63. The van der Waals surface area contributed by atoms with Gasteiger partial charge in [0.2, 0.25) is 5.91 Å². The summed E-state index contributed by atoms with van der Waals surface area (Å²) in [5.74, 6) is 1.25. The Morgan fingerprint density at radius 2 is 2.00 bits per heavy atom. The zero-order valence-corrected chi connectivity index (χ0v) is 6.92. The van der Waals surface area contributed by atoms with Gasteiger partial charge in [0.05, 0.1) is 0 Å². The predicted octanol–water partition coefficient (Wildman–Crippen LogP) is 1.12. The van der Waals surface area contributed by atoms with E-state index in [1.54, 1.807) is 4.90 Å². The molecular weight excluding hydrogens is 126 g/mol. The third-order valence-electron chi connectivity index (χ3n) is 2.38. The summed E-state index contributed by atoms with van der Waals surface area (Å²) in [4.78, 5) is 13.0. The molecule has 0 aromatic rings. The van der Waals surface area contributed by atoms with Crippen LogP contribution in [-0.4, -0.2) is 24.9 Å². The van der Waals surface area contributed by atoms with Gasteiger partial charge in [0.25, 0.3) is 0 Å². The molecule has 1 fully saturated rings. The Morgan fingerprint density at radius 3 is 2.10 bits per heavy atom. The van der Waals surface area contributed by atoms with E-state index in [4.69, 9.17) is 0 Å². The van der Waals surface area contributed by atoms with Crippen molar-refractivity contribution < 1.29 is 4.79 Å². The van der Waals surface area contributed by atoms with Crippen LogP contribution in [0.15, 0.2) is 0 Å². The lowest BCUT2D eigenvalue weighted by Gasteiger charge is -2.34. The highest BCUT2D eigenvalue weighted by atomic mass is 16.2. The van der Waals surface area contributed by atoms with E-state index >= 15 is 0 Å². The molecule has 0 saturated heterocycles. The number of nitrogens with zero attached hydrogens (tertiary/aromatic N) is 1. The fourth-order valence-corrected chi connectivity index (χ4v) is 1.37. The van der Waals surface area contributed by atoms with Crippen LogP contribution in [0.1, 0.15) is 19.8 Å². The van der Waals surface area contributed by atoms with Crippen molar-refractivity contribution in [3.05, 3.63) is 0 Å². The van der Waals surface area contributed by atoms with Crippen LogP contribution in [0.25, 0.3) is 0 Å². The second kappa shape index (κ2) is 2.60. The second-order valence-corrected chi connectivity index (χ2v) is 3.39. The summed E-state index contributed by atoms with van der Waals surface area (Å²) in [6.07, 6.45) is 2.32. The fourth-order valence-electron chi connectivity index (χ4n) is 1.37. The molecule has 0 spiro atoms. The Morgan fingerprint density at radius 1 is 1.40 bits per heavy atom. The summed E-state index contributed by atoms with van der Waals surface area (Å²) in [7, 11) is 3.65. The summed E-state index contributed by atoms with van der Waals surface area (Å²) >= 11 is 0. The highest BCUT2D eigenvalue weighted by Gasteiger charge is 2.33. The van der Waals surface area contributed by atoms with Crippen molar-refractivity contribution in [2.45, 2.75) is 19.8 Å². The van der Waals surface area contributed by atoms with Crippen LogP contribution in [0.5, 0.6) is 0 Å². The van der Waals surface area contributed by atoms with E-state index in [1.807, 2.05) is 14.1 Å². The third-order valence-corrected chi connectivity index (χ3v) is 2.38. The molecular formula is C8H15NO. The second-order valence-electron chi connectivity index (χ2n) is 3.39. The number of rotatable bonds is 1. The van der Waals surface area contributed by atoms with Crippen LogP contribution in [-0.2, 0) is 4.79 Å². The van der Waals surface area contributed by atoms with Crippen molar-refractivity contribution in [2.75, 3.05) is 14.1 Å². The molecule has 58 valence electrons. The van der Waals surface area contributed by atoms with Gasteiger partial charge in [-0.1, -0.05) is 6.92 Å². The molecule has 0 aromatic heterocycles. The first kappa shape index (κ1) is 7.58. The van der Waals surface area contributed by atoms with Gasteiger partial charge in [-0.15, -0.1) is 0 Å². The predicted molar refractivity (Wildman–Crippen MR) is 40.6 cm³/mol. The topological polar surface area (TPSA) is 20.3 Å². The van der Waals surface area contributed by atoms with Gasteiger partial charge in [-0.2, -0.15) is 0 Å². The minimum Gasteiger partial charge on any atom is -0.349 e. The Kier molecular flexibility index (Phi) is 1.97. The van der Waals surface area contributed by atoms with Gasteiger partial charge in [0, 0.05) is 20.0 Å². The molecule has 2 nitrogen and oxygen atoms in total. The monoisotopic (exact) mass is 141 g/mol. The van der Waals surface area contributed by atoms with Crippen molar-refractivity contribution in [3.8, 4) is 0 Å². The highest BCUT2D eigenvalue weighted by molar-refractivity contribution is 5.79. The molecule has 0 aromatic carbocycles. The third kappa shape index (κ3) is 1.15. The average Bonchev–Trinajstić information content (AvgIpc) is 1.84. The summed E-state index contributed by atoms with van der Waals surface area (Å²) < 4.78 is 0. The van der Waals surface area contributed by atoms with Gasteiger partial charge >= 0.3 is 0 Å². The van der Waals surface area contributed by atoms with E-state index in [1.165, 1.54) is 6.42 Å². The van der Waals surface area contributed by atoms with Gasteiger partial charge in [-0.3, -0.25) is 4.79 Å². The number of hydrogen-bond acceptors (Lipinski definition) is 1. The number of carbonyl (C=O) groups excluding carboxylic acids is 1. The van der Waals surface area contributed by atoms with Crippen molar-refractivity contribution in [1.82, 2.24) is 4.90 Å². The van der Waals surface area contributed by atoms with Crippen LogP contribution < -0.4 is 0 Å². The lowest BCUT2D eigenvalue weighted by Crippen LogP contribution is -2.38. The van der Waals surface area contributed by atoms with Crippen molar-refractivity contribution >= 4 is 5.91 Å². The molecule has 1 rings (SSSR count). The Labute approximate surface area is 62.2 Å². The maximum Gasteiger partial charge on any atom is 0.225 e. The number of hydrogen-bond donors (Lipinski definition) is 0. The average molecular weight is 141 g/mol. The van der Waals surface area contributed by atoms with E-state index in [9.17, 15) is 4.79 Å². The van der Waals surface area contributed by atoms with Gasteiger partial charge in [-0.05, 0) is 18.8 Å². The first-order valence-electron chi connectivity index (χ1n) is 3.84. The van der Waals surface area contributed by atoms with Gasteiger partial charge in [0.15, 0.2) is 0 Å². The molecule has 0 heterocycles. The minimum absolute atomic E-state index is 0.304. The van der Waals surface area contributed by atoms with Crippen LogP contribution in [0.3, 0.4) is 0 Å². The maximum absolute atomic E-state index is 11.3. The van der Waals surface area contributed by atoms with E-state index in [2.05, 4.69) is 6.92 Å². The lowest BCUT2D eigenvalue weighted by molar-refractivity contribution is -0.138. The Balaban J connectivity index is 2.42. The minimum atomic E-state index is 0.304. The smallest absolute Gasteiger partial charge is 0.225 e. The normalized spacial score (nSPS) is 31.1. The van der Waals surface area contributed by atoms with Crippen LogP contribution in [0.2, 0.25) is 0 Å². The maximum atomic E-state index is 11.3. The number of carbonyl (C=O) groups is 1. The molecule has 1 aliphatic rings. The van der Waals surface area contributed by atoms with Gasteiger partial charge < -0.3 is 4.90 Å². The van der Waals surface area contributed by atoms with E-state index < -0.39 is 0 Å². The molecule has 1 amide bonds. The molecule has 0 N–H and O–H groups in total. The SMILES string of the molecule is CC1CCC1C(=O)N(C)C.